The number of carbonyl (C=O) groups is 2. The largest absolute Gasteiger partial charge is 0.462 e. The highest BCUT2D eigenvalue weighted by atomic mass is 35.5. The lowest BCUT2D eigenvalue weighted by Crippen LogP contribution is -2.22. The Hall–Kier alpha value is -6.43. The molecule has 6 heteroatoms. The van der Waals surface area contributed by atoms with Gasteiger partial charge in [0.25, 0.3) is 0 Å². The van der Waals surface area contributed by atoms with Crippen molar-refractivity contribution in [2.75, 3.05) is 18.1 Å². The van der Waals surface area contributed by atoms with Gasteiger partial charge in [-0.25, -0.2) is 9.59 Å². The molecule has 2 aliphatic rings. The Labute approximate surface area is 366 Å². The lowest BCUT2D eigenvalue weighted by molar-refractivity contribution is 0.0513. The quantitative estimate of drug-likeness (QED) is 0.0640. The summed E-state index contributed by atoms with van der Waals surface area (Å²) in [4.78, 5) is 29.7. The molecule has 310 valence electrons. The molecular formula is C55H54ClNO4. The molecule has 0 bridgehead atoms. The fourth-order valence-electron chi connectivity index (χ4n) is 7.50. The van der Waals surface area contributed by atoms with E-state index in [1.165, 1.54) is 16.7 Å². The number of halogens is 1. The first-order valence-corrected chi connectivity index (χ1v) is 21.6. The van der Waals surface area contributed by atoms with Gasteiger partial charge in [-0.3, -0.25) is 0 Å². The Morgan fingerprint density at radius 3 is 2.15 bits per heavy atom. The molecule has 0 fully saturated rings. The van der Waals surface area contributed by atoms with E-state index in [9.17, 15) is 9.59 Å². The number of esters is 2. The number of allylic oxidation sites excluding steroid dienone is 15. The number of carbonyl (C=O) groups excluding carboxylic acids is 2. The molecule has 4 aromatic carbocycles. The summed E-state index contributed by atoms with van der Waals surface area (Å²) in [6.45, 7) is 7.72. The normalized spacial score (nSPS) is 18.7. The van der Waals surface area contributed by atoms with Gasteiger partial charge < -0.3 is 14.4 Å². The second-order valence-corrected chi connectivity index (χ2v) is 15.0. The number of nitrogens with zero attached hydrogens (tertiary/aromatic N) is 1. The van der Waals surface area contributed by atoms with E-state index in [2.05, 4.69) is 127 Å². The van der Waals surface area contributed by atoms with Crippen LogP contribution in [0, 0.1) is 0 Å². The molecule has 5 nitrogen and oxygen atoms in total. The molecule has 6 rings (SSSR count). The highest BCUT2D eigenvalue weighted by molar-refractivity contribution is 6.33. The van der Waals surface area contributed by atoms with Crippen LogP contribution in [-0.4, -0.2) is 25.2 Å². The zero-order valence-corrected chi connectivity index (χ0v) is 36.0. The third kappa shape index (κ3) is 11.7. The summed E-state index contributed by atoms with van der Waals surface area (Å²) in [6.07, 6.45) is 34.6. The van der Waals surface area contributed by atoms with Crippen LogP contribution in [0.2, 0.25) is 5.02 Å². The van der Waals surface area contributed by atoms with Crippen LogP contribution < -0.4 is 4.90 Å². The van der Waals surface area contributed by atoms with E-state index in [0.717, 1.165) is 67.6 Å². The maximum Gasteiger partial charge on any atom is 0.338 e. The molecule has 0 unspecified atom stereocenters. The monoisotopic (exact) mass is 827 g/mol. The highest BCUT2D eigenvalue weighted by Crippen LogP contribution is 2.39. The van der Waals surface area contributed by atoms with Crippen molar-refractivity contribution < 1.29 is 19.1 Å². The van der Waals surface area contributed by atoms with Crippen LogP contribution in [0.5, 0.6) is 0 Å². The van der Waals surface area contributed by atoms with Crippen molar-refractivity contribution in [3.8, 4) is 22.3 Å². The van der Waals surface area contributed by atoms with Gasteiger partial charge in [0, 0.05) is 27.7 Å². The summed E-state index contributed by atoms with van der Waals surface area (Å²) >= 11 is 6.68. The van der Waals surface area contributed by atoms with E-state index in [1.54, 1.807) is 32.0 Å². The van der Waals surface area contributed by atoms with Crippen LogP contribution in [0.1, 0.15) is 85.1 Å². The fourth-order valence-corrected chi connectivity index (χ4v) is 7.74. The van der Waals surface area contributed by atoms with E-state index < -0.39 is 11.9 Å². The van der Waals surface area contributed by atoms with E-state index in [4.69, 9.17) is 21.1 Å². The molecule has 0 saturated carbocycles. The van der Waals surface area contributed by atoms with Gasteiger partial charge in [-0.15, -0.1) is 6.58 Å². The molecule has 2 aliphatic carbocycles. The van der Waals surface area contributed by atoms with Gasteiger partial charge >= 0.3 is 11.9 Å². The minimum atomic E-state index is -0.505. The minimum Gasteiger partial charge on any atom is -0.462 e. The first-order valence-electron chi connectivity index (χ1n) is 21.2. The maximum absolute atomic E-state index is 13.7. The van der Waals surface area contributed by atoms with Crippen LogP contribution in [0.4, 0.5) is 5.69 Å². The number of rotatable bonds is 16. The highest BCUT2D eigenvalue weighted by Gasteiger charge is 2.25. The van der Waals surface area contributed by atoms with Gasteiger partial charge in [0.15, 0.2) is 0 Å². The summed E-state index contributed by atoms with van der Waals surface area (Å²) in [6, 6.07) is 29.5. The molecule has 0 heterocycles. The van der Waals surface area contributed by atoms with Crippen molar-refractivity contribution in [3.05, 3.63) is 215 Å². The number of benzene rings is 4. The molecule has 61 heavy (non-hydrogen) atoms. The summed E-state index contributed by atoms with van der Waals surface area (Å²) in [7, 11) is 0. The van der Waals surface area contributed by atoms with E-state index in [-0.39, 0.29) is 13.2 Å². The zero-order valence-electron chi connectivity index (χ0n) is 35.2. The third-order valence-electron chi connectivity index (χ3n) is 10.5. The van der Waals surface area contributed by atoms with Crippen LogP contribution >= 0.6 is 11.6 Å². The van der Waals surface area contributed by atoms with Crippen molar-refractivity contribution in [1.82, 2.24) is 0 Å². The summed E-state index contributed by atoms with van der Waals surface area (Å²) in [5, 5.41) is 0.451. The van der Waals surface area contributed by atoms with Crippen molar-refractivity contribution in [1.29, 1.82) is 0 Å². The van der Waals surface area contributed by atoms with Crippen LogP contribution in [0.25, 0.3) is 27.8 Å². The summed E-state index contributed by atoms with van der Waals surface area (Å²) in [5.74, 6) is -1.00. The third-order valence-corrected chi connectivity index (χ3v) is 10.8. The van der Waals surface area contributed by atoms with E-state index in [1.807, 2.05) is 36.4 Å². The minimum absolute atomic E-state index is 0.192. The predicted molar refractivity (Wildman–Crippen MR) is 254 cm³/mol. The fraction of sp³-hybridized carbons (Fsp3) is 0.200. The topological polar surface area (TPSA) is 55.8 Å². The maximum atomic E-state index is 13.7. The van der Waals surface area contributed by atoms with Gasteiger partial charge in [-0.2, -0.15) is 0 Å². The number of ether oxygens (including phenoxy) is 2. The van der Waals surface area contributed by atoms with Gasteiger partial charge in [0.2, 0.25) is 0 Å². The number of hydrogen-bond acceptors (Lipinski definition) is 5. The molecular weight excluding hydrogens is 774 g/mol. The first-order chi connectivity index (χ1) is 29.9. The van der Waals surface area contributed by atoms with Crippen molar-refractivity contribution in [2.45, 2.75) is 58.8 Å². The Morgan fingerprint density at radius 2 is 1.41 bits per heavy atom. The van der Waals surface area contributed by atoms with Gasteiger partial charge in [-0.05, 0) is 135 Å². The van der Waals surface area contributed by atoms with Crippen molar-refractivity contribution in [2.24, 2.45) is 0 Å². The second-order valence-electron chi connectivity index (χ2n) is 14.6. The zero-order chi connectivity index (χ0) is 42.8. The van der Waals surface area contributed by atoms with Gasteiger partial charge in [-0.1, -0.05) is 139 Å². The molecule has 0 amide bonds. The lowest BCUT2D eigenvalue weighted by Gasteiger charge is -2.31. The molecule has 0 saturated heterocycles. The molecule has 0 spiro atoms. The Kier molecular flexibility index (Phi) is 16.5. The van der Waals surface area contributed by atoms with Crippen LogP contribution in [0.3, 0.4) is 0 Å². The molecule has 0 atom stereocenters. The van der Waals surface area contributed by atoms with Crippen molar-refractivity contribution in [3.63, 3.8) is 0 Å². The van der Waals surface area contributed by atoms with Crippen LogP contribution in [0.15, 0.2) is 194 Å². The Bertz CT molecular complexity index is 2420. The second kappa shape index (κ2) is 22.8. The number of hydrogen-bond donors (Lipinski definition) is 0. The standard InChI is InChI=1S/C55H54ClNO4/c1-4-7-8-9-10-11-15-24-41-25-20-21-28-44(36-33-41)57(53-32-19-13-12-18-29-46(53)42-26-16-14-17-27-42)45-37-34-43(35-38-45)48-39-51(55(59)61-6-3)49(40-50(48)54(58)60-5-2)47-30-22-23-31-52(47)56/h4,8-14,16-17,19,21-23,26-28,30-40H,1,5-7,15,18,20,24-25,29H2,2-3H3/b9-8-,11-10-,13-12+,28-21-,32-19-,41-33-,44-36+,53-46-. The smallest absolute Gasteiger partial charge is 0.338 e. The molecule has 0 N–H and O–H groups in total. The van der Waals surface area contributed by atoms with Crippen molar-refractivity contribution >= 4 is 34.8 Å². The molecule has 0 aromatic heterocycles. The number of anilines is 1. The molecule has 0 radical (unpaired) electrons. The SMILES string of the molecule is C=CC/C=C\C=C/CC/C1=C/C=C(N(C2=C(\c3ccccc3)CC/C=C/C=C\2)c2ccc(-c3cc(C(=O)OCC)c(-c4ccccc4Cl)cc3C(=O)OCC)cc2)\C=C/CC1. The Balaban J connectivity index is 1.50. The van der Waals surface area contributed by atoms with Crippen LogP contribution in [-0.2, 0) is 9.47 Å². The summed E-state index contributed by atoms with van der Waals surface area (Å²) in [5.41, 5.74) is 9.89. The average molecular weight is 828 g/mol. The van der Waals surface area contributed by atoms with E-state index >= 15 is 0 Å². The molecule has 4 aromatic rings. The average Bonchev–Trinajstić information content (AvgIpc) is 3.26. The molecule has 0 aliphatic heterocycles. The Morgan fingerprint density at radius 1 is 0.721 bits per heavy atom. The first kappa shape index (κ1) is 44.1. The summed E-state index contributed by atoms with van der Waals surface area (Å²) < 4.78 is 11.1. The lowest BCUT2D eigenvalue weighted by atomic mass is 9.90. The van der Waals surface area contributed by atoms with Gasteiger partial charge in [0.1, 0.15) is 0 Å². The van der Waals surface area contributed by atoms with Gasteiger partial charge in [0.05, 0.1) is 24.3 Å². The predicted octanol–water partition coefficient (Wildman–Crippen LogP) is 14.8. The van der Waals surface area contributed by atoms with E-state index in [0.29, 0.717) is 32.8 Å².